The number of ether oxygens (including phenoxy) is 1. The number of nitrogens with one attached hydrogen (secondary N) is 1. The van der Waals surface area contributed by atoms with Crippen molar-refractivity contribution in [1.82, 2.24) is 0 Å². The number of rotatable bonds is 5. The summed E-state index contributed by atoms with van der Waals surface area (Å²) in [5.41, 5.74) is 10.00. The van der Waals surface area contributed by atoms with Crippen LogP contribution >= 0.6 is 27.5 Å². The molecule has 0 amide bonds. The quantitative estimate of drug-likeness (QED) is 0.375. The van der Waals surface area contributed by atoms with Gasteiger partial charge in [0.05, 0.1) is 23.5 Å². The molecule has 0 spiro atoms. The number of anilines is 3. The predicted molar refractivity (Wildman–Crippen MR) is 114 cm³/mol. The molecule has 6 heteroatoms. The fraction of sp³-hybridized carbons (Fsp3) is 0.0952. The van der Waals surface area contributed by atoms with Gasteiger partial charge in [0.25, 0.3) is 0 Å². The topological polar surface area (TPSA) is 64.3 Å². The molecule has 0 saturated heterocycles. The van der Waals surface area contributed by atoms with Gasteiger partial charge < -0.3 is 15.8 Å². The normalized spacial score (nSPS) is 10.5. The Bertz CT molecular complexity index is 1020. The minimum absolute atomic E-state index is 0.130. The van der Waals surface area contributed by atoms with Crippen LogP contribution < -0.4 is 15.8 Å². The molecular weight excluding hydrogens is 428 g/mol. The molecule has 3 N–H and O–H groups in total. The maximum atomic E-state index is 12.9. The van der Waals surface area contributed by atoms with Gasteiger partial charge >= 0.3 is 0 Å². The summed E-state index contributed by atoms with van der Waals surface area (Å²) in [7, 11) is 1.59. The lowest BCUT2D eigenvalue weighted by Gasteiger charge is -2.12. The summed E-state index contributed by atoms with van der Waals surface area (Å²) in [6, 6.07) is 16.2. The summed E-state index contributed by atoms with van der Waals surface area (Å²) in [5.74, 6) is 0.580. The highest BCUT2D eigenvalue weighted by atomic mass is 79.9. The molecule has 0 bridgehead atoms. The minimum Gasteiger partial charge on any atom is -0.497 e. The molecule has 0 atom stereocenters. The van der Waals surface area contributed by atoms with Crippen molar-refractivity contribution in [2.45, 2.75) is 6.92 Å². The number of carbonyl (C=O) groups is 1. The Kier molecular flexibility index (Phi) is 5.73. The number of halogens is 2. The molecule has 0 fully saturated rings. The Morgan fingerprint density at radius 2 is 1.81 bits per heavy atom. The van der Waals surface area contributed by atoms with Crippen LogP contribution in [-0.4, -0.2) is 12.9 Å². The molecule has 0 aromatic heterocycles. The molecule has 0 aliphatic carbocycles. The lowest BCUT2D eigenvalue weighted by Crippen LogP contribution is -2.05. The van der Waals surface area contributed by atoms with Crippen molar-refractivity contribution in [3.63, 3.8) is 0 Å². The van der Waals surface area contributed by atoms with E-state index in [1.807, 2.05) is 31.2 Å². The largest absolute Gasteiger partial charge is 0.497 e. The lowest BCUT2D eigenvalue weighted by molar-refractivity contribution is 0.103. The van der Waals surface area contributed by atoms with Crippen LogP contribution in [0.15, 0.2) is 59.1 Å². The van der Waals surface area contributed by atoms with E-state index in [9.17, 15) is 4.79 Å². The fourth-order valence-corrected chi connectivity index (χ4v) is 3.39. The van der Waals surface area contributed by atoms with Gasteiger partial charge in [0.1, 0.15) is 5.75 Å². The number of hydrogen-bond acceptors (Lipinski definition) is 4. The van der Waals surface area contributed by atoms with Gasteiger partial charge in [-0.25, -0.2) is 0 Å². The van der Waals surface area contributed by atoms with Crippen LogP contribution in [0.3, 0.4) is 0 Å². The molecule has 3 aromatic rings. The van der Waals surface area contributed by atoms with E-state index >= 15 is 0 Å². The number of benzene rings is 3. The second kappa shape index (κ2) is 8.03. The zero-order chi connectivity index (χ0) is 19.6. The van der Waals surface area contributed by atoms with Crippen LogP contribution in [0.4, 0.5) is 17.1 Å². The average Bonchev–Trinajstić information content (AvgIpc) is 2.63. The SMILES string of the molecule is COc1ccc(C(=O)c2ccc(Nc3ccc(Br)cc3N)cc2Cl)c(C)c1. The second-order valence-electron chi connectivity index (χ2n) is 6.06. The zero-order valence-corrected chi connectivity index (χ0v) is 17.2. The molecule has 0 radical (unpaired) electrons. The van der Waals surface area contributed by atoms with Crippen molar-refractivity contribution >= 4 is 50.4 Å². The third-order valence-electron chi connectivity index (χ3n) is 4.18. The van der Waals surface area contributed by atoms with Crippen LogP contribution in [0.1, 0.15) is 21.5 Å². The Labute approximate surface area is 171 Å². The monoisotopic (exact) mass is 444 g/mol. The second-order valence-corrected chi connectivity index (χ2v) is 7.38. The number of ketones is 1. The summed E-state index contributed by atoms with van der Waals surface area (Å²) in [6.45, 7) is 1.87. The third kappa shape index (κ3) is 4.26. The number of carbonyl (C=O) groups excluding carboxylic acids is 1. The summed E-state index contributed by atoms with van der Waals surface area (Å²) >= 11 is 9.77. The average molecular weight is 446 g/mol. The van der Waals surface area contributed by atoms with E-state index < -0.39 is 0 Å². The van der Waals surface area contributed by atoms with Crippen LogP contribution in [0.25, 0.3) is 0 Å². The summed E-state index contributed by atoms with van der Waals surface area (Å²) in [5, 5.41) is 3.59. The molecule has 0 unspecified atom stereocenters. The summed E-state index contributed by atoms with van der Waals surface area (Å²) in [6.07, 6.45) is 0. The molecule has 3 aromatic carbocycles. The number of nitrogen functional groups attached to an aromatic ring is 1. The van der Waals surface area contributed by atoms with E-state index in [-0.39, 0.29) is 5.78 Å². The molecule has 0 heterocycles. The van der Waals surface area contributed by atoms with Gasteiger partial charge in [-0.15, -0.1) is 0 Å². The van der Waals surface area contributed by atoms with Crippen LogP contribution in [0, 0.1) is 6.92 Å². The number of nitrogens with two attached hydrogens (primary N) is 1. The first kappa shape index (κ1) is 19.3. The number of aryl methyl sites for hydroxylation is 1. The fourth-order valence-electron chi connectivity index (χ4n) is 2.74. The van der Waals surface area contributed by atoms with Gasteiger partial charge in [-0.3, -0.25) is 4.79 Å². The highest BCUT2D eigenvalue weighted by Crippen LogP contribution is 2.30. The van der Waals surface area contributed by atoms with Gasteiger partial charge in [-0.1, -0.05) is 27.5 Å². The van der Waals surface area contributed by atoms with Crippen molar-refractivity contribution < 1.29 is 9.53 Å². The minimum atomic E-state index is -0.130. The first-order valence-electron chi connectivity index (χ1n) is 8.20. The number of methoxy groups -OCH3 is 1. The standard InChI is InChI=1S/C21H18BrClN2O2/c1-12-9-15(27-2)5-7-16(12)21(26)17-6-4-14(11-18(17)23)25-20-8-3-13(22)10-19(20)24/h3-11,25H,24H2,1-2H3. The molecule has 3 rings (SSSR count). The van der Waals surface area contributed by atoms with E-state index in [0.717, 1.165) is 21.4 Å². The Morgan fingerprint density at radius 3 is 2.44 bits per heavy atom. The van der Waals surface area contributed by atoms with Crippen molar-refractivity contribution in [2.75, 3.05) is 18.2 Å². The number of hydrogen-bond donors (Lipinski definition) is 2. The maximum absolute atomic E-state index is 12.9. The van der Waals surface area contributed by atoms with Crippen LogP contribution in [0.2, 0.25) is 5.02 Å². The van der Waals surface area contributed by atoms with E-state index in [0.29, 0.717) is 27.6 Å². The molecule has 0 aliphatic rings. The molecule has 0 aliphatic heterocycles. The highest BCUT2D eigenvalue weighted by molar-refractivity contribution is 9.10. The molecular formula is C21H18BrClN2O2. The molecule has 4 nitrogen and oxygen atoms in total. The van der Waals surface area contributed by atoms with E-state index in [4.69, 9.17) is 22.1 Å². The van der Waals surface area contributed by atoms with Gasteiger partial charge in [0, 0.05) is 21.3 Å². The Morgan fingerprint density at radius 1 is 1.07 bits per heavy atom. The molecule has 0 saturated carbocycles. The Balaban J connectivity index is 1.87. The molecule has 138 valence electrons. The Hall–Kier alpha value is -2.50. The van der Waals surface area contributed by atoms with Gasteiger partial charge in [0.2, 0.25) is 0 Å². The predicted octanol–water partition coefficient (Wildman–Crippen LogP) is 5.98. The van der Waals surface area contributed by atoms with E-state index in [1.165, 1.54) is 0 Å². The van der Waals surface area contributed by atoms with Gasteiger partial charge in [0.15, 0.2) is 5.78 Å². The van der Waals surface area contributed by atoms with Gasteiger partial charge in [-0.05, 0) is 67.1 Å². The van der Waals surface area contributed by atoms with Gasteiger partial charge in [-0.2, -0.15) is 0 Å². The highest BCUT2D eigenvalue weighted by Gasteiger charge is 2.16. The van der Waals surface area contributed by atoms with Crippen LogP contribution in [-0.2, 0) is 0 Å². The van der Waals surface area contributed by atoms with E-state index in [1.54, 1.807) is 37.4 Å². The smallest absolute Gasteiger partial charge is 0.194 e. The molecule has 27 heavy (non-hydrogen) atoms. The van der Waals surface area contributed by atoms with Crippen molar-refractivity contribution in [1.29, 1.82) is 0 Å². The first-order chi connectivity index (χ1) is 12.9. The van der Waals surface area contributed by atoms with Crippen molar-refractivity contribution in [3.05, 3.63) is 80.8 Å². The van der Waals surface area contributed by atoms with Crippen molar-refractivity contribution in [3.8, 4) is 5.75 Å². The van der Waals surface area contributed by atoms with E-state index in [2.05, 4.69) is 21.2 Å². The van der Waals surface area contributed by atoms with Crippen LogP contribution in [0.5, 0.6) is 5.75 Å². The summed E-state index contributed by atoms with van der Waals surface area (Å²) < 4.78 is 6.09. The zero-order valence-electron chi connectivity index (χ0n) is 14.8. The third-order valence-corrected chi connectivity index (χ3v) is 4.99. The lowest BCUT2D eigenvalue weighted by atomic mass is 9.98. The maximum Gasteiger partial charge on any atom is 0.194 e. The first-order valence-corrected chi connectivity index (χ1v) is 9.37. The summed E-state index contributed by atoms with van der Waals surface area (Å²) in [4.78, 5) is 12.9. The van der Waals surface area contributed by atoms with Crippen molar-refractivity contribution in [2.24, 2.45) is 0 Å².